The maximum absolute atomic E-state index is 11.8. The van der Waals surface area contributed by atoms with Crippen molar-refractivity contribution in [1.82, 2.24) is 5.32 Å². The standard InChI is InChI=1S/C13H20N2O2S/c1-2-11-3-5-13(6-4-11)15-18(16,17)10-9-14-12-7-8-12/h3-6,12,14-15H,2,7-10H2,1H3. The molecule has 0 amide bonds. The maximum Gasteiger partial charge on any atom is 0.233 e. The lowest BCUT2D eigenvalue weighted by molar-refractivity contribution is 0.595. The van der Waals surface area contributed by atoms with Gasteiger partial charge in [0.05, 0.1) is 5.75 Å². The van der Waals surface area contributed by atoms with Gasteiger partial charge in [-0.25, -0.2) is 8.42 Å². The van der Waals surface area contributed by atoms with Crippen molar-refractivity contribution in [2.24, 2.45) is 0 Å². The maximum atomic E-state index is 11.8. The summed E-state index contributed by atoms with van der Waals surface area (Å²) in [6, 6.07) is 8.06. The molecule has 2 rings (SSSR count). The molecule has 1 aliphatic carbocycles. The first-order valence-electron chi connectivity index (χ1n) is 6.42. The van der Waals surface area contributed by atoms with E-state index in [2.05, 4.69) is 17.0 Å². The van der Waals surface area contributed by atoms with Crippen molar-refractivity contribution in [2.75, 3.05) is 17.0 Å². The Morgan fingerprint density at radius 3 is 2.44 bits per heavy atom. The van der Waals surface area contributed by atoms with Crippen LogP contribution in [0.4, 0.5) is 5.69 Å². The molecule has 4 nitrogen and oxygen atoms in total. The predicted octanol–water partition coefficient (Wildman–Crippen LogP) is 1.74. The van der Waals surface area contributed by atoms with E-state index in [0.717, 1.165) is 6.42 Å². The smallest absolute Gasteiger partial charge is 0.233 e. The summed E-state index contributed by atoms with van der Waals surface area (Å²) in [7, 11) is -3.23. The topological polar surface area (TPSA) is 58.2 Å². The van der Waals surface area contributed by atoms with E-state index in [1.54, 1.807) is 0 Å². The van der Waals surface area contributed by atoms with Gasteiger partial charge in [-0.1, -0.05) is 19.1 Å². The molecule has 2 N–H and O–H groups in total. The fraction of sp³-hybridized carbons (Fsp3) is 0.538. The second-order valence-electron chi connectivity index (χ2n) is 4.70. The average Bonchev–Trinajstić information content (AvgIpc) is 3.13. The first-order valence-corrected chi connectivity index (χ1v) is 8.07. The molecule has 0 bridgehead atoms. The highest BCUT2D eigenvalue weighted by molar-refractivity contribution is 7.92. The highest BCUT2D eigenvalue weighted by Gasteiger charge is 2.21. The summed E-state index contributed by atoms with van der Waals surface area (Å²) < 4.78 is 26.2. The van der Waals surface area contributed by atoms with Gasteiger partial charge < -0.3 is 5.32 Å². The molecule has 0 aromatic heterocycles. The van der Waals surface area contributed by atoms with E-state index in [4.69, 9.17) is 0 Å². The molecule has 18 heavy (non-hydrogen) atoms. The fourth-order valence-electron chi connectivity index (χ4n) is 1.72. The molecule has 0 radical (unpaired) electrons. The lowest BCUT2D eigenvalue weighted by atomic mass is 10.2. The van der Waals surface area contributed by atoms with Gasteiger partial charge in [-0.2, -0.15) is 0 Å². The number of rotatable bonds is 7. The average molecular weight is 268 g/mol. The van der Waals surface area contributed by atoms with Crippen molar-refractivity contribution in [3.8, 4) is 0 Å². The SMILES string of the molecule is CCc1ccc(NS(=O)(=O)CCNC2CC2)cc1. The molecular formula is C13H20N2O2S. The molecule has 1 aromatic rings. The van der Waals surface area contributed by atoms with Crippen LogP contribution in [0.3, 0.4) is 0 Å². The summed E-state index contributed by atoms with van der Waals surface area (Å²) in [4.78, 5) is 0. The van der Waals surface area contributed by atoms with Gasteiger partial charge in [0, 0.05) is 18.3 Å². The van der Waals surface area contributed by atoms with Crippen LogP contribution in [0.5, 0.6) is 0 Å². The number of aryl methyl sites for hydroxylation is 1. The molecule has 0 unspecified atom stereocenters. The quantitative estimate of drug-likeness (QED) is 0.792. The first kappa shape index (κ1) is 13.4. The van der Waals surface area contributed by atoms with Crippen LogP contribution in [0.1, 0.15) is 25.3 Å². The van der Waals surface area contributed by atoms with Crippen LogP contribution < -0.4 is 10.0 Å². The zero-order valence-electron chi connectivity index (χ0n) is 10.6. The van der Waals surface area contributed by atoms with E-state index >= 15 is 0 Å². The van der Waals surface area contributed by atoms with Crippen molar-refractivity contribution in [1.29, 1.82) is 0 Å². The van der Waals surface area contributed by atoms with Crippen molar-refractivity contribution < 1.29 is 8.42 Å². The number of nitrogens with one attached hydrogen (secondary N) is 2. The zero-order chi connectivity index (χ0) is 13.0. The van der Waals surface area contributed by atoms with E-state index in [0.29, 0.717) is 18.3 Å². The molecule has 0 heterocycles. The third-order valence-corrected chi connectivity index (χ3v) is 4.30. The zero-order valence-corrected chi connectivity index (χ0v) is 11.5. The molecule has 1 fully saturated rings. The minimum absolute atomic E-state index is 0.124. The predicted molar refractivity (Wildman–Crippen MR) is 74.3 cm³/mol. The van der Waals surface area contributed by atoms with Crippen LogP contribution in [0.2, 0.25) is 0 Å². The molecule has 0 spiro atoms. The van der Waals surface area contributed by atoms with Crippen LogP contribution >= 0.6 is 0 Å². The van der Waals surface area contributed by atoms with Gasteiger partial charge in [-0.3, -0.25) is 4.72 Å². The Morgan fingerprint density at radius 1 is 1.22 bits per heavy atom. The van der Waals surface area contributed by atoms with Crippen molar-refractivity contribution in [3.05, 3.63) is 29.8 Å². The van der Waals surface area contributed by atoms with Gasteiger partial charge in [-0.05, 0) is 37.0 Å². The largest absolute Gasteiger partial charge is 0.313 e. The van der Waals surface area contributed by atoms with Crippen LogP contribution in [0, 0.1) is 0 Å². The minimum atomic E-state index is -3.23. The number of anilines is 1. The molecule has 0 aliphatic heterocycles. The van der Waals surface area contributed by atoms with E-state index in [9.17, 15) is 8.42 Å². The summed E-state index contributed by atoms with van der Waals surface area (Å²) in [6.07, 6.45) is 3.30. The number of benzene rings is 1. The van der Waals surface area contributed by atoms with Crippen LogP contribution in [-0.4, -0.2) is 26.8 Å². The third kappa shape index (κ3) is 4.31. The fourth-order valence-corrected chi connectivity index (χ4v) is 2.71. The third-order valence-electron chi connectivity index (χ3n) is 3.02. The normalized spacial score (nSPS) is 15.6. The molecule has 100 valence electrons. The molecule has 1 aromatic carbocycles. The van der Waals surface area contributed by atoms with Gasteiger partial charge in [0.25, 0.3) is 0 Å². The Kier molecular flexibility index (Phi) is 4.24. The van der Waals surface area contributed by atoms with Gasteiger partial charge in [0.1, 0.15) is 0 Å². The van der Waals surface area contributed by atoms with E-state index < -0.39 is 10.0 Å². The second kappa shape index (κ2) is 5.71. The monoisotopic (exact) mass is 268 g/mol. The highest BCUT2D eigenvalue weighted by Crippen LogP contribution is 2.18. The highest BCUT2D eigenvalue weighted by atomic mass is 32.2. The summed E-state index contributed by atoms with van der Waals surface area (Å²) in [6.45, 7) is 2.59. The van der Waals surface area contributed by atoms with Crippen molar-refractivity contribution in [2.45, 2.75) is 32.2 Å². The van der Waals surface area contributed by atoms with Gasteiger partial charge >= 0.3 is 0 Å². The second-order valence-corrected chi connectivity index (χ2v) is 6.54. The molecule has 1 saturated carbocycles. The lowest BCUT2D eigenvalue weighted by Gasteiger charge is -2.09. The van der Waals surface area contributed by atoms with Gasteiger partial charge in [0.15, 0.2) is 0 Å². The van der Waals surface area contributed by atoms with Crippen LogP contribution in [0.25, 0.3) is 0 Å². The summed E-state index contributed by atoms with van der Waals surface area (Å²) in [5.74, 6) is 0.124. The van der Waals surface area contributed by atoms with Crippen LogP contribution in [0.15, 0.2) is 24.3 Å². The Morgan fingerprint density at radius 2 is 1.89 bits per heavy atom. The Bertz CT molecular complexity index is 478. The number of hydrogen-bond acceptors (Lipinski definition) is 3. The van der Waals surface area contributed by atoms with Crippen molar-refractivity contribution >= 4 is 15.7 Å². The molecule has 1 aliphatic rings. The minimum Gasteiger partial charge on any atom is -0.313 e. The van der Waals surface area contributed by atoms with Gasteiger partial charge in [0.2, 0.25) is 10.0 Å². The van der Waals surface area contributed by atoms with E-state index in [-0.39, 0.29) is 5.75 Å². The first-order chi connectivity index (χ1) is 8.59. The summed E-state index contributed by atoms with van der Waals surface area (Å²) >= 11 is 0. The summed E-state index contributed by atoms with van der Waals surface area (Å²) in [5, 5.41) is 3.20. The van der Waals surface area contributed by atoms with Gasteiger partial charge in [-0.15, -0.1) is 0 Å². The van der Waals surface area contributed by atoms with Crippen molar-refractivity contribution in [3.63, 3.8) is 0 Å². The Balaban J connectivity index is 1.84. The molecular weight excluding hydrogens is 248 g/mol. The number of hydrogen-bond donors (Lipinski definition) is 2. The molecule has 0 atom stereocenters. The lowest BCUT2D eigenvalue weighted by Crippen LogP contribution is -2.27. The number of sulfonamides is 1. The Hall–Kier alpha value is -1.07. The molecule has 0 saturated heterocycles. The van der Waals surface area contributed by atoms with Crippen LogP contribution in [-0.2, 0) is 16.4 Å². The summed E-state index contributed by atoms with van der Waals surface area (Å²) in [5.41, 5.74) is 1.84. The Labute approximate surface area is 109 Å². The van der Waals surface area contributed by atoms with E-state index in [1.165, 1.54) is 18.4 Å². The van der Waals surface area contributed by atoms with E-state index in [1.807, 2.05) is 24.3 Å². The molecule has 5 heteroatoms.